The summed E-state index contributed by atoms with van der Waals surface area (Å²) in [6.45, 7) is 1.70. The van der Waals surface area contributed by atoms with E-state index in [9.17, 15) is 5.11 Å². The van der Waals surface area contributed by atoms with Crippen LogP contribution >= 0.6 is 11.3 Å². The zero-order valence-electron chi connectivity index (χ0n) is 10.5. The maximum absolute atomic E-state index is 9.50. The number of aliphatic hydroxyl groups excluding tert-OH is 1. The van der Waals surface area contributed by atoms with Gasteiger partial charge in [0.05, 0.1) is 19.9 Å². The van der Waals surface area contributed by atoms with Gasteiger partial charge < -0.3 is 14.6 Å². The van der Waals surface area contributed by atoms with Crippen molar-refractivity contribution in [2.75, 3.05) is 14.2 Å². The summed E-state index contributed by atoms with van der Waals surface area (Å²) in [5.41, 5.74) is 1.65. The third kappa shape index (κ3) is 2.47. The predicted octanol–water partition coefficient (Wildman–Crippen LogP) is 2.88. The quantitative estimate of drug-likeness (QED) is 0.923. The topological polar surface area (TPSA) is 51.6 Å². The van der Waals surface area contributed by atoms with Gasteiger partial charge in [0.2, 0.25) is 0 Å². The second-order valence-corrected chi connectivity index (χ2v) is 4.70. The van der Waals surface area contributed by atoms with Crippen molar-refractivity contribution in [1.29, 1.82) is 0 Å². The summed E-state index contributed by atoms with van der Waals surface area (Å²) < 4.78 is 10.5. The van der Waals surface area contributed by atoms with E-state index in [1.54, 1.807) is 21.1 Å². The van der Waals surface area contributed by atoms with Crippen molar-refractivity contribution in [2.45, 2.75) is 13.0 Å². The fourth-order valence-electron chi connectivity index (χ4n) is 1.62. The van der Waals surface area contributed by atoms with Gasteiger partial charge in [0.25, 0.3) is 0 Å². The summed E-state index contributed by atoms with van der Waals surface area (Å²) in [6.07, 6.45) is -0.555. The maximum Gasteiger partial charge on any atom is 0.128 e. The van der Waals surface area contributed by atoms with Crippen molar-refractivity contribution >= 4 is 11.3 Å². The van der Waals surface area contributed by atoms with Gasteiger partial charge in [-0.1, -0.05) is 0 Å². The lowest BCUT2D eigenvalue weighted by Gasteiger charge is -2.08. The first-order valence-electron chi connectivity index (χ1n) is 5.51. The molecule has 18 heavy (non-hydrogen) atoms. The minimum atomic E-state index is -0.555. The Labute approximate surface area is 110 Å². The van der Waals surface area contributed by atoms with Crippen LogP contribution in [0.1, 0.15) is 18.0 Å². The largest absolute Gasteiger partial charge is 0.497 e. The Morgan fingerprint density at radius 2 is 2.06 bits per heavy atom. The second kappa shape index (κ2) is 5.37. The van der Waals surface area contributed by atoms with Crippen molar-refractivity contribution < 1.29 is 14.6 Å². The summed E-state index contributed by atoms with van der Waals surface area (Å²) in [5.74, 6) is 1.48. The molecule has 0 radical (unpaired) electrons. The Balaban J connectivity index is 2.46. The molecule has 1 heterocycles. The molecule has 0 amide bonds. The van der Waals surface area contributed by atoms with Crippen LogP contribution in [0.3, 0.4) is 0 Å². The number of ether oxygens (including phenoxy) is 2. The summed E-state index contributed by atoms with van der Waals surface area (Å²) in [6, 6.07) is 5.56. The molecule has 2 aromatic rings. The first-order valence-corrected chi connectivity index (χ1v) is 6.39. The van der Waals surface area contributed by atoms with E-state index in [1.807, 2.05) is 23.6 Å². The number of aliphatic hydroxyl groups is 1. The Bertz CT molecular complexity index is 537. The summed E-state index contributed by atoms with van der Waals surface area (Å²) in [7, 11) is 3.24. The van der Waals surface area contributed by atoms with E-state index in [0.29, 0.717) is 5.01 Å². The molecule has 1 unspecified atom stereocenters. The van der Waals surface area contributed by atoms with E-state index in [1.165, 1.54) is 11.3 Å². The number of methoxy groups -OCH3 is 2. The SMILES string of the molecule is COc1ccc(OC)c(-c2csc(C(C)O)n2)c1. The molecule has 2 rings (SSSR count). The first kappa shape index (κ1) is 12.9. The third-order valence-corrected chi connectivity index (χ3v) is 3.58. The number of nitrogens with zero attached hydrogens (tertiary/aromatic N) is 1. The molecule has 0 saturated carbocycles. The molecule has 1 aromatic heterocycles. The van der Waals surface area contributed by atoms with Crippen LogP contribution in [0.4, 0.5) is 0 Å². The van der Waals surface area contributed by atoms with Gasteiger partial charge in [0, 0.05) is 10.9 Å². The molecule has 0 spiro atoms. The van der Waals surface area contributed by atoms with Crippen LogP contribution in [0.25, 0.3) is 11.3 Å². The van der Waals surface area contributed by atoms with Crippen LogP contribution < -0.4 is 9.47 Å². The van der Waals surface area contributed by atoms with Crippen molar-refractivity contribution in [1.82, 2.24) is 4.98 Å². The molecule has 0 bridgehead atoms. The molecule has 5 heteroatoms. The molecule has 0 fully saturated rings. The predicted molar refractivity (Wildman–Crippen MR) is 71.3 cm³/mol. The Kier molecular flexibility index (Phi) is 3.84. The minimum Gasteiger partial charge on any atom is -0.497 e. The van der Waals surface area contributed by atoms with E-state index in [4.69, 9.17) is 9.47 Å². The molecule has 1 N–H and O–H groups in total. The minimum absolute atomic E-state index is 0.555. The molecular formula is C13H15NO3S. The molecule has 0 aliphatic carbocycles. The first-order chi connectivity index (χ1) is 8.65. The molecule has 1 atom stereocenters. The maximum atomic E-state index is 9.50. The van der Waals surface area contributed by atoms with E-state index < -0.39 is 6.10 Å². The number of hydrogen-bond acceptors (Lipinski definition) is 5. The van der Waals surface area contributed by atoms with E-state index in [-0.39, 0.29) is 0 Å². The standard InChI is InChI=1S/C13H15NO3S/c1-8(15)13-14-11(7-18-13)10-6-9(16-2)4-5-12(10)17-3/h4-8,15H,1-3H3. The van der Waals surface area contributed by atoms with Crippen LogP contribution in [-0.4, -0.2) is 24.3 Å². The van der Waals surface area contributed by atoms with Gasteiger partial charge in [-0.2, -0.15) is 0 Å². The van der Waals surface area contributed by atoms with Crippen LogP contribution in [0, 0.1) is 0 Å². The summed E-state index contributed by atoms with van der Waals surface area (Å²) >= 11 is 1.43. The van der Waals surface area contributed by atoms with Crippen LogP contribution in [-0.2, 0) is 0 Å². The van der Waals surface area contributed by atoms with Gasteiger partial charge in [-0.15, -0.1) is 11.3 Å². The number of rotatable bonds is 4. The van der Waals surface area contributed by atoms with Crippen LogP contribution in [0.2, 0.25) is 0 Å². The van der Waals surface area contributed by atoms with Crippen molar-refractivity contribution in [3.8, 4) is 22.8 Å². The van der Waals surface area contributed by atoms with Gasteiger partial charge in [0.1, 0.15) is 22.6 Å². The Morgan fingerprint density at radius 1 is 1.28 bits per heavy atom. The molecule has 0 aliphatic heterocycles. The van der Waals surface area contributed by atoms with E-state index >= 15 is 0 Å². The van der Waals surface area contributed by atoms with Crippen molar-refractivity contribution in [3.05, 3.63) is 28.6 Å². The van der Waals surface area contributed by atoms with Crippen LogP contribution in [0.5, 0.6) is 11.5 Å². The molecule has 0 saturated heterocycles. The second-order valence-electron chi connectivity index (χ2n) is 3.81. The zero-order valence-corrected chi connectivity index (χ0v) is 11.3. The van der Waals surface area contributed by atoms with E-state index in [2.05, 4.69) is 4.98 Å². The average Bonchev–Trinajstić information content (AvgIpc) is 2.87. The van der Waals surface area contributed by atoms with Gasteiger partial charge in [-0.05, 0) is 25.1 Å². The number of hydrogen-bond donors (Lipinski definition) is 1. The highest BCUT2D eigenvalue weighted by atomic mass is 32.1. The van der Waals surface area contributed by atoms with Gasteiger partial charge in [0.15, 0.2) is 0 Å². The average molecular weight is 265 g/mol. The Morgan fingerprint density at radius 3 is 2.61 bits per heavy atom. The highest BCUT2D eigenvalue weighted by molar-refractivity contribution is 7.10. The lowest BCUT2D eigenvalue weighted by Crippen LogP contribution is -1.92. The van der Waals surface area contributed by atoms with E-state index in [0.717, 1.165) is 22.8 Å². The third-order valence-electron chi connectivity index (χ3n) is 2.56. The van der Waals surface area contributed by atoms with Gasteiger partial charge in [-0.25, -0.2) is 4.98 Å². The summed E-state index contributed by atoms with van der Waals surface area (Å²) in [5, 5.41) is 12.1. The zero-order chi connectivity index (χ0) is 13.1. The molecule has 96 valence electrons. The van der Waals surface area contributed by atoms with Crippen LogP contribution in [0.15, 0.2) is 23.6 Å². The molecule has 0 aliphatic rings. The fraction of sp³-hybridized carbons (Fsp3) is 0.308. The highest BCUT2D eigenvalue weighted by Gasteiger charge is 2.13. The van der Waals surface area contributed by atoms with Gasteiger partial charge in [-0.3, -0.25) is 0 Å². The monoisotopic (exact) mass is 265 g/mol. The highest BCUT2D eigenvalue weighted by Crippen LogP contribution is 2.34. The van der Waals surface area contributed by atoms with Crippen molar-refractivity contribution in [3.63, 3.8) is 0 Å². The molecule has 4 nitrogen and oxygen atoms in total. The molecular weight excluding hydrogens is 250 g/mol. The Hall–Kier alpha value is -1.59. The smallest absolute Gasteiger partial charge is 0.128 e. The lowest BCUT2D eigenvalue weighted by atomic mass is 10.1. The summed E-state index contributed by atoms with van der Waals surface area (Å²) in [4.78, 5) is 4.40. The molecule has 1 aromatic carbocycles. The van der Waals surface area contributed by atoms with Gasteiger partial charge >= 0.3 is 0 Å². The normalized spacial score (nSPS) is 12.2. The lowest BCUT2D eigenvalue weighted by molar-refractivity contribution is 0.199. The number of thiazole rings is 1. The van der Waals surface area contributed by atoms with Crippen molar-refractivity contribution in [2.24, 2.45) is 0 Å². The number of aromatic nitrogens is 1. The number of benzene rings is 1. The fourth-order valence-corrected chi connectivity index (χ4v) is 2.38.